The van der Waals surface area contributed by atoms with Crippen LogP contribution < -0.4 is 14.2 Å². The van der Waals surface area contributed by atoms with Gasteiger partial charge in [-0.25, -0.2) is 0 Å². The minimum atomic E-state index is -1.39. The second-order valence-corrected chi connectivity index (χ2v) is 8.16. The first-order chi connectivity index (χ1) is 14.5. The van der Waals surface area contributed by atoms with Gasteiger partial charge in [0.2, 0.25) is 0 Å². The molecular weight excluding hydrogens is 400 g/mol. The van der Waals surface area contributed by atoms with Crippen LogP contribution in [0.2, 0.25) is 0 Å². The van der Waals surface area contributed by atoms with Crippen molar-refractivity contribution in [3.05, 3.63) is 60.2 Å². The Labute approximate surface area is 179 Å². The fraction of sp³-hybridized carbons (Fsp3) is 0.261. The summed E-state index contributed by atoms with van der Waals surface area (Å²) in [6.07, 6.45) is 0. The first kappa shape index (κ1) is 21.6. The van der Waals surface area contributed by atoms with E-state index in [-0.39, 0.29) is 5.75 Å². The lowest BCUT2D eigenvalue weighted by atomic mass is 10.1. The molecule has 7 heteroatoms. The lowest BCUT2D eigenvalue weighted by molar-refractivity contribution is 0.355. The summed E-state index contributed by atoms with van der Waals surface area (Å²) in [7, 11) is 7.05. The molecule has 0 unspecified atom stereocenters. The topological polar surface area (TPSA) is 60.4 Å². The van der Waals surface area contributed by atoms with Gasteiger partial charge in [0, 0.05) is 25.0 Å². The molecule has 0 aliphatic carbocycles. The van der Waals surface area contributed by atoms with Crippen LogP contribution in [-0.4, -0.2) is 56.1 Å². The van der Waals surface area contributed by atoms with Crippen LogP contribution in [0.15, 0.2) is 64.6 Å². The monoisotopic (exact) mass is 426 g/mol. The highest BCUT2D eigenvalue weighted by Gasteiger charge is 2.19. The van der Waals surface area contributed by atoms with Gasteiger partial charge >= 0.3 is 0 Å². The van der Waals surface area contributed by atoms with Crippen molar-refractivity contribution < 1.29 is 18.4 Å². The number of fused-ring (bicyclic) bond motifs is 1. The fourth-order valence-electron chi connectivity index (χ4n) is 3.24. The van der Waals surface area contributed by atoms with Crippen LogP contribution in [0, 0.1) is 0 Å². The SMILES string of the molecule is COc1ccc(/C(C[S@](=O)c2c(OC)ccc3ccccc23)=N\N(C)C)cc1OC. The Morgan fingerprint density at radius 1 is 0.900 bits per heavy atom. The van der Waals surface area contributed by atoms with Crippen LogP contribution in [-0.2, 0) is 10.8 Å². The summed E-state index contributed by atoms with van der Waals surface area (Å²) in [6, 6.07) is 17.2. The van der Waals surface area contributed by atoms with E-state index in [0.717, 1.165) is 16.3 Å². The van der Waals surface area contributed by atoms with Gasteiger partial charge in [-0.15, -0.1) is 0 Å². The average molecular weight is 427 g/mol. The molecule has 0 aliphatic rings. The van der Waals surface area contributed by atoms with E-state index in [0.29, 0.717) is 27.9 Å². The molecule has 6 nitrogen and oxygen atoms in total. The highest BCUT2D eigenvalue weighted by Crippen LogP contribution is 2.32. The first-order valence-corrected chi connectivity index (χ1v) is 10.7. The van der Waals surface area contributed by atoms with E-state index >= 15 is 0 Å². The first-order valence-electron chi connectivity index (χ1n) is 9.39. The van der Waals surface area contributed by atoms with Crippen molar-refractivity contribution in [1.82, 2.24) is 5.01 Å². The lowest BCUT2D eigenvalue weighted by Crippen LogP contribution is -2.18. The van der Waals surface area contributed by atoms with Crippen LogP contribution in [0.4, 0.5) is 0 Å². The quantitative estimate of drug-likeness (QED) is 0.403. The van der Waals surface area contributed by atoms with Crippen molar-refractivity contribution in [2.75, 3.05) is 41.2 Å². The Hall–Kier alpha value is -3.06. The summed E-state index contributed by atoms with van der Waals surface area (Å²) < 4.78 is 29.8. The maximum absolute atomic E-state index is 13.6. The smallest absolute Gasteiger partial charge is 0.161 e. The van der Waals surface area contributed by atoms with E-state index < -0.39 is 10.8 Å². The summed E-state index contributed by atoms with van der Waals surface area (Å²) in [5.74, 6) is 2.04. The average Bonchev–Trinajstić information content (AvgIpc) is 2.76. The van der Waals surface area contributed by atoms with Gasteiger partial charge < -0.3 is 19.2 Å². The van der Waals surface area contributed by atoms with Gasteiger partial charge in [0.15, 0.2) is 11.5 Å². The molecule has 0 aromatic heterocycles. The van der Waals surface area contributed by atoms with Crippen LogP contribution in [0.25, 0.3) is 10.8 Å². The molecule has 0 radical (unpaired) electrons. The Kier molecular flexibility index (Phi) is 6.95. The van der Waals surface area contributed by atoms with Gasteiger partial charge in [-0.05, 0) is 29.7 Å². The zero-order chi connectivity index (χ0) is 21.7. The van der Waals surface area contributed by atoms with Gasteiger partial charge in [0.25, 0.3) is 0 Å². The molecule has 3 rings (SSSR count). The maximum Gasteiger partial charge on any atom is 0.161 e. The Morgan fingerprint density at radius 3 is 2.23 bits per heavy atom. The van der Waals surface area contributed by atoms with E-state index in [2.05, 4.69) is 5.10 Å². The zero-order valence-corrected chi connectivity index (χ0v) is 18.7. The van der Waals surface area contributed by atoms with Gasteiger partial charge in [-0.3, -0.25) is 4.21 Å². The van der Waals surface area contributed by atoms with Crippen molar-refractivity contribution >= 4 is 27.3 Å². The molecule has 158 valence electrons. The Morgan fingerprint density at radius 2 is 1.57 bits per heavy atom. The number of methoxy groups -OCH3 is 3. The van der Waals surface area contributed by atoms with E-state index in [1.54, 1.807) is 26.3 Å². The molecule has 0 bridgehead atoms. The van der Waals surface area contributed by atoms with Crippen molar-refractivity contribution in [3.8, 4) is 17.2 Å². The third-order valence-corrected chi connectivity index (χ3v) is 6.01. The number of hydrogen-bond acceptors (Lipinski definition) is 6. The molecule has 0 fully saturated rings. The van der Waals surface area contributed by atoms with Crippen molar-refractivity contribution in [2.24, 2.45) is 5.10 Å². The van der Waals surface area contributed by atoms with Gasteiger partial charge in [-0.1, -0.05) is 30.3 Å². The predicted molar refractivity (Wildman–Crippen MR) is 122 cm³/mol. The molecule has 0 heterocycles. The summed E-state index contributed by atoms with van der Waals surface area (Å²) >= 11 is 0. The molecule has 30 heavy (non-hydrogen) atoms. The van der Waals surface area contributed by atoms with Crippen molar-refractivity contribution in [1.29, 1.82) is 0 Å². The number of rotatable bonds is 8. The van der Waals surface area contributed by atoms with Crippen molar-refractivity contribution in [2.45, 2.75) is 4.90 Å². The normalized spacial score (nSPS) is 12.5. The van der Waals surface area contributed by atoms with Crippen LogP contribution in [0.5, 0.6) is 17.2 Å². The van der Waals surface area contributed by atoms with E-state index in [1.807, 2.05) is 68.7 Å². The molecule has 3 aromatic carbocycles. The summed E-state index contributed by atoms with van der Waals surface area (Å²) in [5.41, 5.74) is 1.49. The molecule has 3 aromatic rings. The summed E-state index contributed by atoms with van der Waals surface area (Å²) in [5, 5.41) is 8.22. The minimum Gasteiger partial charge on any atom is -0.495 e. The molecule has 0 saturated heterocycles. The van der Waals surface area contributed by atoms with E-state index in [9.17, 15) is 4.21 Å². The third-order valence-electron chi connectivity index (χ3n) is 4.60. The predicted octanol–water partition coefficient (Wildman–Crippen LogP) is 3.94. The molecule has 0 N–H and O–H groups in total. The third kappa shape index (κ3) is 4.57. The second kappa shape index (κ2) is 9.63. The molecule has 0 saturated carbocycles. The molecular formula is C23H26N2O4S. The highest BCUT2D eigenvalue weighted by atomic mass is 32.2. The Balaban J connectivity index is 2.05. The van der Waals surface area contributed by atoms with Gasteiger partial charge in [-0.2, -0.15) is 5.10 Å². The van der Waals surface area contributed by atoms with E-state index in [4.69, 9.17) is 14.2 Å². The van der Waals surface area contributed by atoms with Crippen LogP contribution in [0.3, 0.4) is 0 Å². The number of hydrazone groups is 1. The number of benzene rings is 3. The van der Waals surface area contributed by atoms with Gasteiger partial charge in [0.1, 0.15) is 5.75 Å². The maximum atomic E-state index is 13.6. The standard InChI is InChI=1S/C23H26N2O4S/c1-25(2)24-19(17-11-12-20(27-3)22(14-17)29-5)15-30(26)23-18-9-7-6-8-16(18)10-13-21(23)28-4/h6-14H,15H2,1-5H3/b24-19-/t30-/m0/s1. The Bertz CT molecular complexity index is 1100. The van der Waals surface area contributed by atoms with Gasteiger partial charge in [0.05, 0.1) is 48.5 Å². The molecule has 0 spiro atoms. The largest absolute Gasteiger partial charge is 0.495 e. The zero-order valence-electron chi connectivity index (χ0n) is 17.8. The second-order valence-electron chi connectivity index (χ2n) is 6.77. The summed E-state index contributed by atoms with van der Waals surface area (Å²) in [6.45, 7) is 0. The van der Waals surface area contributed by atoms with Crippen molar-refractivity contribution in [3.63, 3.8) is 0 Å². The lowest BCUT2D eigenvalue weighted by Gasteiger charge is -2.16. The molecule has 1 atom stereocenters. The van der Waals surface area contributed by atoms with Crippen LogP contribution >= 0.6 is 0 Å². The molecule has 0 amide bonds. The summed E-state index contributed by atoms with van der Waals surface area (Å²) in [4.78, 5) is 0.669. The minimum absolute atomic E-state index is 0.220. The number of hydrogen-bond donors (Lipinski definition) is 0. The number of nitrogens with zero attached hydrogens (tertiary/aromatic N) is 2. The van der Waals surface area contributed by atoms with E-state index in [1.165, 1.54) is 0 Å². The number of ether oxygens (including phenoxy) is 3. The highest BCUT2D eigenvalue weighted by molar-refractivity contribution is 7.86. The molecule has 0 aliphatic heterocycles. The fourth-order valence-corrected chi connectivity index (χ4v) is 4.67. The van der Waals surface area contributed by atoms with Crippen LogP contribution in [0.1, 0.15) is 5.56 Å².